The van der Waals surface area contributed by atoms with Crippen molar-refractivity contribution in [1.82, 2.24) is 14.9 Å². The summed E-state index contributed by atoms with van der Waals surface area (Å²) in [5, 5.41) is 2.95. The number of nitrogens with one attached hydrogen (secondary N) is 1. The molecular formula is C23H27N3O2. The lowest BCUT2D eigenvalue weighted by Gasteiger charge is -2.18. The molecule has 0 saturated carbocycles. The Morgan fingerprint density at radius 2 is 1.86 bits per heavy atom. The second-order valence-electron chi connectivity index (χ2n) is 7.19. The summed E-state index contributed by atoms with van der Waals surface area (Å²) in [6.45, 7) is 10.3. The van der Waals surface area contributed by atoms with Crippen molar-refractivity contribution in [3.63, 3.8) is 0 Å². The minimum absolute atomic E-state index is 0.131. The quantitative estimate of drug-likeness (QED) is 0.701. The highest BCUT2D eigenvalue weighted by molar-refractivity contribution is 5.80. The number of rotatable bonds is 6. The first-order valence-electron chi connectivity index (χ1n) is 9.46. The number of amides is 1. The molecule has 1 aromatic heterocycles. The molecule has 0 spiro atoms. The van der Waals surface area contributed by atoms with Gasteiger partial charge in [0.15, 0.2) is 6.10 Å². The Bertz CT molecular complexity index is 974. The van der Waals surface area contributed by atoms with Crippen LogP contribution in [0.1, 0.15) is 35.0 Å². The average molecular weight is 377 g/mol. The zero-order valence-corrected chi connectivity index (χ0v) is 17.1. The standard InChI is InChI=1S/C23H27N3O2/c1-15-12-16(2)17(3)22(13-15)28-18(4)23(27)25-14-20-6-8-21(9-7-20)26-11-10-24-19(26)5/h6-13,18H,14H2,1-5H3,(H,25,27)/t18-/m0/s1. The minimum Gasteiger partial charge on any atom is -0.481 e. The molecule has 5 nitrogen and oxygen atoms in total. The van der Waals surface area contributed by atoms with Gasteiger partial charge in [-0.3, -0.25) is 4.79 Å². The fraction of sp³-hybridized carbons (Fsp3) is 0.304. The van der Waals surface area contributed by atoms with Crippen LogP contribution in [0.25, 0.3) is 5.69 Å². The third kappa shape index (κ3) is 4.42. The smallest absolute Gasteiger partial charge is 0.261 e. The Balaban J connectivity index is 1.58. The van der Waals surface area contributed by atoms with Crippen LogP contribution >= 0.6 is 0 Å². The molecular weight excluding hydrogens is 350 g/mol. The van der Waals surface area contributed by atoms with E-state index in [1.807, 2.05) is 61.9 Å². The number of hydrogen-bond donors (Lipinski definition) is 1. The predicted molar refractivity (Wildman–Crippen MR) is 111 cm³/mol. The Morgan fingerprint density at radius 3 is 2.50 bits per heavy atom. The normalized spacial score (nSPS) is 11.9. The first kappa shape index (κ1) is 19.7. The lowest BCUT2D eigenvalue weighted by atomic mass is 10.1. The van der Waals surface area contributed by atoms with Gasteiger partial charge < -0.3 is 14.6 Å². The van der Waals surface area contributed by atoms with E-state index < -0.39 is 6.10 Å². The number of carbonyl (C=O) groups is 1. The number of benzene rings is 2. The summed E-state index contributed by atoms with van der Waals surface area (Å²) in [6, 6.07) is 12.2. The van der Waals surface area contributed by atoms with Crippen molar-refractivity contribution in [3.8, 4) is 11.4 Å². The number of aromatic nitrogens is 2. The summed E-state index contributed by atoms with van der Waals surface area (Å²) >= 11 is 0. The summed E-state index contributed by atoms with van der Waals surface area (Å²) < 4.78 is 7.93. The number of carbonyl (C=O) groups excluding carboxylic acids is 1. The molecule has 28 heavy (non-hydrogen) atoms. The van der Waals surface area contributed by atoms with Gasteiger partial charge in [0.2, 0.25) is 0 Å². The summed E-state index contributed by atoms with van der Waals surface area (Å²) in [5.41, 5.74) is 5.43. The van der Waals surface area contributed by atoms with E-state index in [0.29, 0.717) is 6.54 Å². The fourth-order valence-corrected chi connectivity index (χ4v) is 3.13. The SMILES string of the molecule is Cc1cc(C)c(C)c(O[C@@H](C)C(=O)NCc2ccc(-n3ccnc3C)cc2)c1. The molecule has 5 heteroatoms. The first-order chi connectivity index (χ1) is 13.3. The van der Waals surface area contributed by atoms with E-state index in [1.165, 1.54) is 0 Å². The van der Waals surface area contributed by atoms with Gasteiger partial charge in [-0.15, -0.1) is 0 Å². The second kappa shape index (κ2) is 8.30. The molecule has 2 aromatic carbocycles. The van der Waals surface area contributed by atoms with Gasteiger partial charge in [-0.1, -0.05) is 18.2 Å². The highest BCUT2D eigenvalue weighted by atomic mass is 16.5. The monoisotopic (exact) mass is 377 g/mol. The summed E-state index contributed by atoms with van der Waals surface area (Å²) in [4.78, 5) is 16.7. The molecule has 0 unspecified atom stereocenters. The zero-order valence-electron chi connectivity index (χ0n) is 17.1. The van der Waals surface area contributed by atoms with E-state index in [4.69, 9.17) is 4.74 Å². The van der Waals surface area contributed by atoms with Gasteiger partial charge in [-0.05, 0) is 75.1 Å². The van der Waals surface area contributed by atoms with Crippen LogP contribution in [0.4, 0.5) is 0 Å². The molecule has 1 N–H and O–H groups in total. The average Bonchev–Trinajstić information content (AvgIpc) is 3.10. The van der Waals surface area contributed by atoms with E-state index in [1.54, 1.807) is 13.1 Å². The number of imidazole rings is 1. The van der Waals surface area contributed by atoms with Crippen molar-refractivity contribution in [2.75, 3.05) is 0 Å². The Labute approximate surface area is 166 Å². The molecule has 0 radical (unpaired) electrons. The van der Waals surface area contributed by atoms with Crippen LogP contribution < -0.4 is 10.1 Å². The second-order valence-corrected chi connectivity index (χ2v) is 7.19. The summed E-state index contributed by atoms with van der Waals surface area (Å²) in [6.07, 6.45) is 3.15. The van der Waals surface area contributed by atoms with Crippen molar-refractivity contribution in [2.45, 2.75) is 47.3 Å². The Hall–Kier alpha value is -3.08. The molecule has 0 aliphatic heterocycles. The van der Waals surface area contributed by atoms with Crippen LogP contribution in [0.5, 0.6) is 5.75 Å². The first-order valence-corrected chi connectivity index (χ1v) is 9.46. The summed E-state index contributed by atoms with van der Waals surface area (Å²) in [7, 11) is 0. The Morgan fingerprint density at radius 1 is 1.14 bits per heavy atom. The molecule has 0 aliphatic rings. The lowest BCUT2D eigenvalue weighted by Crippen LogP contribution is -2.36. The van der Waals surface area contributed by atoms with Crippen molar-refractivity contribution in [3.05, 3.63) is 76.9 Å². The van der Waals surface area contributed by atoms with E-state index in [0.717, 1.165) is 39.5 Å². The lowest BCUT2D eigenvalue weighted by molar-refractivity contribution is -0.127. The van der Waals surface area contributed by atoms with Gasteiger partial charge in [0, 0.05) is 24.6 Å². The number of nitrogens with zero attached hydrogens (tertiary/aromatic N) is 2. The fourth-order valence-electron chi connectivity index (χ4n) is 3.13. The van der Waals surface area contributed by atoms with Crippen LogP contribution in [-0.4, -0.2) is 21.6 Å². The van der Waals surface area contributed by atoms with Gasteiger partial charge in [-0.2, -0.15) is 0 Å². The molecule has 1 atom stereocenters. The number of aryl methyl sites for hydroxylation is 3. The van der Waals surface area contributed by atoms with Crippen LogP contribution in [0, 0.1) is 27.7 Å². The maximum absolute atomic E-state index is 12.5. The highest BCUT2D eigenvalue weighted by Crippen LogP contribution is 2.24. The topological polar surface area (TPSA) is 56.1 Å². The third-order valence-electron chi connectivity index (χ3n) is 4.94. The van der Waals surface area contributed by atoms with Crippen LogP contribution in [0.3, 0.4) is 0 Å². The van der Waals surface area contributed by atoms with E-state index in [-0.39, 0.29) is 5.91 Å². The van der Waals surface area contributed by atoms with E-state index >= 15 is 0 Å². The molecule has 0 aliphatic carbocycles. The maximum Gasteiger partial charge on any atom is 0.261 e. The predicted octanol–water partition coefficient (Wildman–Crippen LogP) is 4.19. The Kier molecular flexibility index (Phi) is 5.83. The van der Waals surface area contributed by atoms with Gasteiger partial charge in [-0.25, -0.2) is 4.98 Å². The molecule has 146 valence electrons. The van der Waals surface area contributed by atoms with Gasteiger partial charge in [0.1, 0.15) is 11.6 Å². The van der Waals surface area contributed by atoms with Gasteiger partial charge >= 0.3 is 0 Å². The maximum atomic E-state index is 12.5. The molecule has 0 fully saturated rings. The molecule has 1 heterocycles. The van der Waals surface area contributed by atoms with Crippen molar-refractivity contribution in [2.24, 2.45) is 0 Å². The summed E-state index contributed by atoms with van der Waals surface area (Å²) in [5.74, 6) is 1.57. The van der Waals surface area contributed by atoms with Gasteiger partial charge in [0.05, 0.1) is 0 Å². The largest absolute Gasteiger partial charge is 0.481 e. The van der Waals surface area contributed by atoms with Crippen LogP contribution in [-0.2, 0) is 11.3 Å². The minimum atomic E-state index is -0.562. The molecule has 1 amide bonds. The van der Waals surface area contributed by atoms with Crippen molar-refractivity contribution in [1.29, 1.82) is 0 Å². The number of ether oxygens (including phenoxy) is 1. The van der Waals surface area contributed by atoms with Crippen molar-refractivity contribution < 1.29 is 9.53 Å². The van der Waals surface area contributed by atoms with Crippen molar-refractivity contribution >= 4 is 5.91 Å². The molecule has 3 aromatic rings. The van der Waals surface area contributed by atoms with Crippen LogP contribution in [0.15, 0.2) is 48.8 Å². The molecule has 3 rings (SSSR count). The molecule has 0 bridgehead atoms. The van der Waals surface area contributed by atoms with Crippen LogP contribution in [0.2, 0.25) is 0 Å². The zero-order chi connectivity index (χ0) is 20.3. The molecule has 0 saturated heterocycles. The highest BCUT2D eigenvalue weighted by Gasteiger charge is 2.16. The van der Waals surface area contributed by atoms with E-state index in [9.17, 15) is 4.79 Å². The van der Waals surface area contributed by atoms with Gasteiger partial charge in [0.25, 0.3) is 5.91 Å². The van der Waals surface area contributed by atoms with E-state index in [2.05, 4.69) is 23.3 Å². The third-order valence-corrected chi connectivity index (χ3v) is 4.94. The number of hydrogen-bond acceptors (Lipinski definition) is 3.